The van der Waals surface area contributed by atoms with Crippen LogP contribution in [0, 0.1) is 11.3 Å². The zero-order valence-corrected chi connectivity index (χ0v) is 19.3. The van der Waals surface area contributed by atoms with Crippen molar-refractivity contribution in [1.29, 1.82) is 5.26 Å². The average molecular weight is 493 g/mol. The normalized spacial score (nSPS) is 15.2. The van der Waals surface area contributed by atoms with Crippen LogP contribution in [0.25, 0.3) is 22.3 Å². The second-order valence-electron chi connectivity index (χ2n) is 8.16. The summed E-state index contributed by atoms with van der Waals surface area (Å²) in [5, 5.41) is 11.3. The van der Waals surface area contributed by atoms with Gasteiger partial charge >= 0.3 is 0 Å². The number of hydrogen-bond acceptors (Lipinski definition) is 4. The summed E-state index contributed by atoms with van der Waals surface area (Å²) in [6, 6.07) is 9.24. The van der Waals surface area contributed by atoms with Crippen molar-refractivity contribution < 1.29 is 17.2 Å². The zero-order chi connectivity index (χ0) is 23.6. The van der Waals surface area contributed by atoms with Crippen molar-refractivity contribution in [2.24, 2.45) is 0 Å². The number of hydrogen-bond donors (Lipinski definition) is 1. The molecule has 10 heteroatoms. The van der Waals surface area contributed by atoms with Crippen molar-refractivity contribution in [2.75, 3.05) is 13.3 Å². The third kappa shape index (κ3) is 4.60. The first-order valence-corrected chi connectivity index (χ1v) is 12.6. The molecule has 33 heavy (non-hydrogen) atoms. The molecule has 2 heterocycles. The van der Waals surface area contributed by atoms with E-state index >= 15 is 0 Å². The van der Waals surface area contributed by atoms with Gasteiger partial charge in [0, 0.05) is 22.6 Å². The molecule has 0 aliphatic heterocycles. The average Bonchev–Trinajstić information content (AvgIpc) is 3.16. The SMILES string of the molecule is N#Cc1c(-c2ccc(S(=O)(=O)NC(CF)CF)cn2)n(C2CCCCC2)c2cc(Cl)ccc12. The number of alkyl halides is 2. The molecule has 1 aliphatic carbocycles. The Morgan fingerprint density at radius 2 is 1.91 bits per heavy atom. The quantitative estimate of drug-likeness (QED) is 0.483. The van der Waals surface area contributed by atoms with E-state index in [1.165, 1.54) is 12.1 Å². The van der Waals surface area contributed by atoms with Crippen molar-refractivity contribution in [3.05, 3.63) is 47.1 Å². The standard InChI is InChI=1S/C23H23ClF2N4O2S/c24-15-6-8-19-20(13-27)23(30(22(19)10-15)17-4-2-1-3-5-17)21-9-7-18(14-28-21)33(31,32)29-16(11-25)12-26/h6-10,14,16-17,29H,1-5,11-12H2. The van der Waals surface area contributed by atoms with Crippen LogP contribution in [-0.2, 0) is 10.0 Å². The minimum absolute atomic E-state index is 0.165. The predicted molar refractivity (Wildman–Crippen MR) is 123 cm³/mol. The molecule has 0 radical (unpaired) electrons. The molecule has 6 nitrogen and oxygen atoms in total. The number of fused-ring (bicyclic) bond motifs is 1. The molecule has 1 aromatic carbocycles. The van der Waals surface area contributed by atoms with Gasteiger partial charge in [-0.05, 0) is 43.2 Å². The first kappa shape index (κ1) is 23.6. The molecular weight excluding hydrogens is 470 g/mol. The molecule has 0 atom stereocenters. The van der Waals surface area contributed by atoms with Gasteiger partial charge in [0.2, 0.25) is 10.0 Å². The van der Waals surface area contributed by atoms with E-state index in [0.29, 0.717) is 22.0 Å². The number of rotatable bonds is 7. The highest BCUT2D eigenvalue weighted by atomic mass is 35.5. The van der Waals surface area contributed by atoms with Gasteiger partial charge in [-0.15, -0.1) is 0 Å². The second kappa shape index (κ2) is 9.75. The number of sulfonamides is 1. The number of halogens is 3. The van der Waals surface area contributed by atoms with E-state index in [0.717, 1.165) is 49.2 Å². The van der Waals surface area contributed by atoms with Gasteiger partial charge in [-0.3, -0.25) is 4.98 Å². The number of nitriles is 1. The first-order chi connectivity index (χ1) is 15.9. The molecule has 0 spiro atoms. The summed E-state index contributed by atoms with van der Waals surface area (Å²) >= 11 is 6.28. The predicted octanol–water partition coefficient (Wildman–Crippen LogP) is 5.32. The maximum absolute atomic E-state index is 12.8. The lowest BCUT2D eigenvalue weighted by atomic mass is 9.95. The maximum atomic E-state index is 12.8. The van der Waals surface area contributed by atoms with Crippen LogP contribution in [0.15, 0.2) is 41.4 Å². The third-order valence-electron chi connectivity index (χ3n) is 6.00. The van der Waals surface area contributed by atoms with Crippen LogP contribution in [0.5, 0.6) is 0 Å². The minimum Gasteiger partial charge on any atom is -0.335 e. The summed E-state index contributed by atoms with van der Waals surface area (Å²) in [6.45, 7) is -2.31. The maximum Gasteiger partial charge on any atom is 0.242 e. The molecule has 2 aromatic heterocycles. The third-order valence-corrected chi connectivity index (χ3v) is 7.74. The Bertz CT molecular complexity index is 1290. The molecule has 0 bridgehead atoms. The number of nitrogens with one attached hydrogen (secondary N) is 1. The lowest BCUT2D eigenvalue weighted by Crippen LogP contribution is -2.37. The van der Waals surface area contributed by atoms with Crippen LogP contribution in [-0.4, -0.2) is 37.4 Å². The Balaban J connectivity index is 1.83. The lowest BCUT2D eigenvalue weighted by molar-refractivity contribution is 0.334. The molecule has 1 saturated carbocycles. The van der Waals surface area contributed by atoms with Crippen LogP contribution < -0.4 is 4.72 Å². The van der Waals surface area contributed by atoms with Crippen molar-refractivity contribution in [2.45, 2.75) is 49.1 Å². The molecule has 4 rings (SSSR count). The highest BCUT2D eigenvalue weighted by Gasteiger charge is 2.27. The van der Waals surface area contributed by atoms with E-state index in [-0.39, 0.29) is 10.9 Å². The summed E-state index contributed by atoms with van der Waals surface area (Å²) in [5.74, 6) is 0. The molecule has 174 valence electrons. The van der Waals surface area contributed by atoms with E-state index in [1.54, 1.807) is 6.07 Å². The van der Waals surface area contributed by atoms with Crippen molar-refractivity contribution in [3.63, 3.8) is 0 Å². The van der Waals surface area contributed by atoms with Gasteiger partial charge in [0.25, 0.3) is 0 Å². The molecule has 0 saturated heterocycles. The first-order valence-electron chi connectivity index (χ1n) is 10.7. The smallest absolute Gasteiger partial charge is 0.242 e. The molecule has 1 aliphatic rings. The Kier molecular flexibility index (Phi) is 6.98. The molecule has 1 fully saturated rings. The Morgan fingerprint density at radius 1 is 1.18 bits per heavy atom. The lowest BCUT2D eigenvalue weighted by Gasteiger charge is -2.26. The fourth-order valence-corrected chi connectivity index (χ4v) is 5.74. The van der Waals surface area contributed by atoms with Crippen molar-refractivity contribution in [3.8, 4) is 17.5 Å². The second-order valence-corrected chi connectivity index (χ2v) is 10.3. The highest BCUT2D eigenvalue weighted by Crippen LogP contribution is 2.40. The van der Waals surface area contributed by atoms with Gasteiger partial charge in [-0.25, -0.2) is 21.9 Å². The summed E-state index contributed by atoms with van der Waals surface area (Å²) in [5.41, 5.74) is 2.35. The van der Waals surface area contributed by atoms with E-state index in [9.17, 15) is 22.5 Å². The number of aromatic nitrogens is 2. The number of pyridine rings is 1. The Labute approximate surface area is 196 Å². The van der Waals surface area contributed by atoms with E-state index < -0.39 is 29.4 Å². The zero-order valence-electron chi connectivity index (χ0n) is 17.8. The summed E-state index contributed by atoms with van der Waals surface area (Å²) < 4.78 is 54.6. The number of nitrogens with zero attached hydrogens (tertiary/aromatic N) is 3. The monoisotopic (exact) mass is 492 g/mol. The molecule has 3 aromatic rings. The Morgan fingerprint density at radius 3 is 2.52 bits per heavy atom. The van der Waals surface area contributed by atoms with Crippen LogP contribution in [0.4, 0.5) is 8.78 Å². The van der Waals surface area contributed by atoms with E-state index in [4.69, 9.17) is 11.6 Å². The fourth-order valence-electron chi connectivity index (χ4n) is 4.44. The minimum atomic E-state index is -4.14. The van der Waals surface area contributed by atoms with Gasteiger partial charge in [-0.1, -0.05) is 30.9 Å². The molecular formula is C23H23ClF2N4O2S. The van der Waals surface area contributed by atoms with Gasteiger partial charge in [0.1, 0.15) is 24.3 Å². The van der Waals surface area contributed by atoms with Crippen LogP contribution >= 0.6 is 11.6 Å². The topological polar surface area (TPSA) is 87.8 Å². The fraction of sp³-hybridized carbons (Fsp3) is 0.391. The highest BCUT2D eigenvalue weighted by molar-refractivity contribution is 7.89. The largest absolute Gasteiger partial charge is 0.335 e. The summed E-state index contributed by atoms with van der Waals surface area (Å²) in [7, 11) is -4.14. The van der Waals surface area contributed by atoms with Crippen molar-refractivity contribution in [1.82, 2.24) is 14.3 Å². The molecule has 1 N–H and O–H groups in total. The van der Waals surface area contributed by atoms with Gasteiger partial charge < -0.3 is 4.57 Å². The van der Waals surface area contributed by atoms with Crippen LogP contribution in [0.3, 0.4) is 0 Å². The summed E-state index contributed by atoms with van der Waals surface area (Å²) in [4.78, 5) is 4.14. The summed E-state index contributed by atoms with van der Waals surface area (Å²) in [6.07, 6.45) is 6.37. The van der Waals surface area contributed by atoms with E-state index in [2.05, 4.69) is 15.6 Å². The van der Waals surface area contributed by atoms with Gasteiger partial charge in [-0.2, -0.15) is 5.26 Å². The Hall–Kier alpha value is -2.54. The van der Waals surface area contributed by atoms with E-state index in [1.807, 2.05) is 16.9 Å². The van der Waals surface area contributed by atoms with Gasteiger partial charge in [0.05, 0.1) is 28.5 Å². The van der Waals surface area contributed by atoms with Crippen LogP contribution in [0.2, 0.25) is 5.02 Å². The van der Waals surface area contributed by atoms with Gasteiger partial charge in [0.15, 0.2) is 0 Å². The molecule has 0 unspecified atom stereocenters. The number of benzene rings is 1. The molecule has 0 amide bonds. The van der Waals surface area contributed by atoms with Crippen molar-refractivity contribution >= 4 is 32.5 Å². The van der Waals surface area contributed by atoms with Crippen LogP contribution in [0.1, 0.15) is 43.7 Å².